The third-order valence-corrected chi connectivity index (χ3v) is 4.05. The van der Waals surface area contributed by atoms with Crippen LogP contribution in [0.15, 0.2) is 34.9 Å². The zero-order valence-electron chi connectivity index (χ0n) is 16.8. The lowest BCUT2D eigenvalue weighted by Gasteiger charge is -2.27. The van der Waals surface area contributed by atoms with Crippen LogP contribution < -0.4 is 10.6 Å². The zero-order valence-corrected chi connectivity index (χ0v) is 16.8. The van der Waals surface area contributed by atoms with E-state index in [-0.39, 0.29) is 12.1 Å². The normalized spacial score (nSPS) is 12.6. The van der Waals surface area contributed by atoms with E-state index >= 15 is 0 Å². The molecule has 2 N–H and O–H groups in total. The molecule has 1 aromatic heterocycles. The lowest BCUT2D eigenvalue weighted by Crippen LogP contribution is -2.51. The first kappa shape index (κ1) is 20.8. The van der Waals surface area contributed by atoms with Crippen LogP contribution in [0.4, 0.5) is 0 Å². The lowest BCUT2D eigenvalue weighted by atomic mass is 10.0. The summed E-state index contributed by atoms with van der Waals surface area (Å²) in [6.07, 6.45) is 1.43. The molecule has 0 saturated heterocycles. The van der Waals surface area contributed by atoms with Crippen molar-refractivity contribution in [1.82, 2.24) is 15.8 Å². The SMILES string of the molecule is CCCC(NC(C)(C)C)C(=O)C(=O)NCc1cc(-c2ccc(C)cc2)no1. The Morgan fingerprint density at radius 1 is 1.19 bits per heavy atom. The van der Waals surface area contributed by atoms with Crippen LogP contribution >= 0.6 is 0 Å². The molecule has 1 heterocycles. The van der Waals surface area contributed by atoms with Gasteiger partial charge in [0.1, 0.15) is 5.69 Å². The van der Waals surface area contributed by atoms with Crippen molar-refractivity contribution in [3.63, 3.8) is 0 Å². The van der Waals surface area contributed by atoms with Crippen LogP contribution in [0.1, 0.15) is 51.9 Å². The second kappa shape index (κ2) is 8.95. The van der Waals surface area contributed by atoms with E-state index in [9.17, 15) is 9.59 Å². The maximum absolute atomic E-state index is 12.5. The van der Waals surface area contributed by atoms with E-state index in [2.05, 4.69) is 15.8 Å². The molecule has 2 aromatic rings. The van der Waals surface area contributed by atoms with Crippen molar-refractivity contribution in [2.24, 2.45) is 0 Å². The molecule has 0 fully saturated rings. The highest BCUT2D eigenvalue weighted by Crippen LogP contribution is 2.19. The molecule has 27 heavy (non-hydrogen) atoms. The quantitative estimate of drug-likeness (QED) is 0.695. The van der Waals surface area contributed by atoms with Gasteiger partial charge < -0.3 is 15.2 Å². The number of hydrogen-bond acceptors (Lipinski definition) is 5. The number of carbonyl (C=O) groups is 2. The van der Waals surface area contributed by atoms with Gasteiger partial charge in [0.05, 0.1) is 12.6 Å². The minimum absolute atomic E-state index is 0.123. The summed E-state index contributed by atoms with van der Waals surface area (Å²) in [5.74, 6) is -0.564. The topological polar surface area (TPSA) is 84.2 Å². The molecule has 0 bridgehead atoms. The third kappa shape index (κ3) is 6.32. The Hall–Kier alpha value is -2.47. The van der Waals surface area contributed by atoms with E-state index in [0.29, 0.717) is 17.9 Å². The van der Waals surface area contributed by atoms with Crippen molar-refractivity contribution < 1.29 is 14.1 Å². The molecule has 1 atom stereocenters. The van der Waals surface area contributed by atoms with Crippen LogP contribution in [-0.2, 0) is 16.1 Å². The van der Waals surface area contributed by atoms with Gasteiger partial charge in [-0.1, -0.05) is 48.3 Å². The number of carbonyl (C=O) groups excluding carboxylic acids is 2. The molecule has 1 amide bonds. The Kier molecular flexibility index (Phi) is 6.91. The Bertz CT molecular complexity index is 773. The Balaban J connectivity index is 1.96. The summed E-state index contributed by atoms with van der Waals surface area (Å²) in [5.41, 5.74) is 2.56. The number of amides is 1. The minimum Gasteiger partial charge on any atom is -0.359 e. The monoisotopic (exact) mass is 371 g/mol. The highest BCUT2D eigenvalue weighted by atomic mass is 16.5. The first-order valence-electron chi connectivity index (χ1n) is 9.32. The van der Waals surface area contributed by atoms with Crippen molar-refractivity contribution in [3.8, 4) is 11.3 Å². The van der Waals surface area contributed by atoms with E-state index in [0.717, 1.165) is 12.0 Å². The molecule has 1 aromatic carbocycles. The highest BCUT2D eigenvalue weighted by molar-refractivity contribution is 6.38. The molecule has 0 aliphatic rings. The summed E-state index contributed by atoms with van der Waals surface area (Å²) in [7, 11) is 0. The van der Waals surface area contributed by atoms with Crippen molar-refractivity contribution in [2.45, 2.75) is 65.6 Å². The third-order valence-electron chi connectivity index (χ3n) is 4.05. The fourth-order valence-electron chi connectivity index (χ4n) is 2.75. The number of aryl methyl sites for hydroxylation is 1. The van der Waals surface area contributed by atoms with E-state index in [1.54, 1.807) is 6.07 Å². The number of ketones is 1. The molecular weight excluding hydrogens is 342 g/mol. The molecule has 0 radical (unpaired) electrons. The van der Waals surface area contributed by atoms with Gasteiger partial charge in [0, 0.05) is 17.2 Å². The fourth-order valence-corrected chi connectivity index (χ4v) is 2.75. The number of hydrogen-bond donors (Lipinski definition) is 2. The van der Waals surface area contributed by atoms with Crippen LogP contribution in [0.5, 0.6) is 0 Å². The average Bonchev–Trinajstić information content (AvgIpc) is 3.07. The van der Waals surface area contributed by atoms with Crippen LogP contribution in [0.25, 0.3) is 11.3 Å². The molecule has 6 heteroatoms. The van der Waals surface area contributed by atoms with Crippen molar-refractivity contribution in [1.29, 1.82) is 0 Å². The molecule has 1 unspecified atom stereocenters. The van der Waals surface area contributed by atoms with Gasteiger partial charge in [-0.3, -0.25) is 9.59 Å². The number of rotatable bonds is 8. The summed E-state index contributed by atoms with van der Waals surface area (Å²) in [5, 5.41) is 9.88. The van der Waals surface area contributed by atoms with E-state index in [4.69, 9.17) is 4.52 Å². The van der Waals surface area contributed by atoms with Crippen LogP contribution in [-0.4, -0.2) is 28.4 Å². The summed E-state index contributed by atoms with van der Waals surface area (Å²) >= 11 is 0. The Morgan fingerprint density at radius 3 is 2.44 bits per heavy atom. The summed E-state index contributed by atoms with van der Waals surface area (Å²) in [6.45, 7) is 10.1. The van der Waals surface area contributed by atoms with Crippen LogP contribution in [0, 0.1) is 6.92 Å². The van der Waals surface area contributed by atoms with Crippen LogP contribution in [0.3, 0.4) is 0 Å². The Morgan fingerprint density at radius 2 is 1.85 bits per heavy atom. The molecule has 0 aliphatic heterocycles. The maximum atomic E-state index is 12.5. The van der Waals surface area contributed by atoms with Gasteiger partial charge in [-0.05, 0) is 34.1 Å². The molecule has 0 aliphatic carbocycles. The van der Waals surface area contributed by atoms with Gasteiger partial charge in [0.15, 0.2) is 5.76 Å². The Labute approximate surface area is 160 Å². The van der Waals surface area contributed by atoms with Gasteiger partial charge in [-0.2, -0.15) is 0 Å². The number of aromatic nitrogens is 1. The van der Waals surface area contributed by atoms with Crippen molar-refractivity contribution in [2.75, 3.05) is 0 Å². The van der Waals surface area contributed by atoms with E-state index in [1.807, 2.05) is 58.9 Å². The second-order valence-corrected chi connectivity index (χ2v) is 7.83. The predicted octanol–water partition coefficient (Wildman–Crippen LogP) is 3.39. The summed E-state index contributed by atoms with van der Waals surface area (Å²) in [6, 6.07) is 9.21. The molecule has 0 saturated carbocycles. The number of nitrogens with one attached hydrogen (secondary N) is 2. The fraction of sp³-hybridized carbons (Fsp3) is 0.476. The van der Waals surface area contributed by atoms with Gasteiger partial charge in [0.2, 0.25) is 5.78 Å². The number of nitrogens with zero attached hydrogens (tertiary/aromatic N) is 1. The first-order valence-corrected chi connectivity index (χ1v) is 9.32. The second-order valence-electron chi connectivity index (χ2n) is 7.83. The molecular formula is C21H29N3O3. The molecule has 2 rings (SSSR count). The standard InChI is InChI=1S/C21H29N3O3/c1-6-7-17(23-21(3,4)5)19(25)20(26)22-13-16-12-18(24-27-16)15-10-8-14(2)9-11-15/h8-12,17,23H,6-7,13H2,1-5H3,(H,22,26). The average molecular weight is 371 g/mol. The minimum atomic E-state index is -0.613. The largest absolute Gasteiger partial charge is 0.359 e. The van der Waals surface area contributed by atoms with Gasteiger partial charge in [-0.25, -0.2) is 0 Å². The van der Waals surface area contributed by atoms with Gasteiger partial charge in [-0.15, -0.1) is 0 Å². The number of benzene rings is 1. The molecule has 146 valence electrons. The van der Waals surface area contributed by atoms with E-state index < -0.39 is 17.7 Å². The molecule has 0 spiro atoms. The summed E-state index contributed by atoms with van der Waals surface area (Å²) < 4.78 is 5.28. The van der Waals surface area contributed by atoms with Gasteiger partial charge >= 0.3 is 0 Å². The summed E-state index contributed by atoms with van der Waals surface area (Å²) in [4.78, 5) is 24.7. The predicted molar refractivity (Wildman–Crippen MR) is 105 cm³/mol. The van der Waals surface area contributed by atoms with Crippen molar-refractivity contribution in [3.05, 3.63) is 41.7 Å². The van der Waals surface area contributed by atoms with E-state index in [1.165, 1.54) is 5.56 Å². The highest BCUT2D eigenvalue weighted by Gasteiger charge is 2.28. The maximum Gasteiger partial charge on any atom is 0.289 e. The zero-order chi connectivity index (χ0) is 20.0. The van der Waals surface area contributed by atoms with Crippen LogP contribution in [0.2, 0.25) is 0 Å². The van der Waals surface area contributed by atoms with Crippen molar-refractivity contribution >= 4 is 11.7 Å². The van der Waals surface area contributed by atoms with Gasteiger partial charge in [0.25, 0.3) is 5.91 Å². The first-order chi connectivity index (χ1) is 12.7. The smallest absolute Gasteiger partial charge is 0.289 e. The lowest BCUT2D eigenvalue weighted by molar-refractivity contribution is -0.139. The number of Topliss-reactive ketones (excluding diaryl/α,β-unsaturated/α-hetero) is 1. The molecule has 6 nitrogen and oxygen atoms in total.